The van der Waals surface area contributed by atoms with Gasteiger partial charge in [-0.2, -0.15) is 4.37 Å². The van der Waals surface area contributed by atoms with Gasteiger partial charge in [0.2, 0.25) is 0 Å². The zero-order chi connectivity index (χ0) is 11.3. The van der Waals surface area contributed by atoms with Crippen molar-refractivity contribution in [1.82, 2.24) is 4.37 Å². The summed E-state index contributed by atoms with van der Waals surface area (Å²) in [6.07, 6.45) is 6.29. The normalized spacial score (nSPS) is 15.2. The molecule has 0 spiro atoms. The number of halogens is 1. The van der Waals surface area contributed by atoms with Gasteiger partial charge in [-0.1, -0.05) is 40.0 Å². The Balaban J connectivity index is 2.79. The first-order chi connectivity index (χ1) is 7.12. The fraction of sp³-hybridized carbons (Fsp3) is 0.750. The van der Waals surface area contributed by atoms with Gasteiger partial charge in [0.15, 0.2) is 0 Å². The highest BCUT2D eigenvalue weighted by Gasteiger charge is 2.27. The van der Waals surface area contributed by atoms with Gasteiger partial charge in [-0.25, -0.2) is 0 Å². The first kappa shape index (κ1) is 13.2. The van der Waals surface area contributed by atoms with E-state index >= 15 is 0 Å². The van der Waals surface area contributed by atoms with Crippen molar-refractivity contribution in [3.63, 3.8) is 0 Å². The Morgan fingerprint density at radius 1 is 1.33 bits per heavy atom. The van der Waals surface area contributed by atoms with Crippen molar-refractivity contribution >= 4 is 27.5 Å². The Morgan fingerprint density at radius 2 is 2.07 bits per heavy atom. The predicted molar refractivity (Wildman–Crippen MR) is 71.6 cm³/mol. The van der Waals surface area contributed by atoms with Crippen molar-refractivity contribution < 1.29 is 0 Å². The number of nitrogens with zero attached hydrogens (tertiary/aromatic N) is 1. The molecule has 1 rings (SSSR count). The Morgan fingerprint density at radius 3 is 2.53 bits per heavy atom. The first-order valence-corrected chi connectivity index (χ1v) is 7.31. The monoisotopic (exact) mass is 289 g/mol. The van der Waals surface area contributed by atoms with E-state index in [2.05, 4.69) is 47.1 Å². The van der Waals surface area contributed by atoms with Crippen LogP contribution in [0.5, 0.6) is 0 Å². The van der Waals surface area contributed by atoms with Crippen LogP contribution in [0.3, 0.4) is 0 Å². The summed E-state index contributed by atoms with van der Waals surface area (Å²) in [7, 11) is 0. The molecule has 1 aromatic rings. The van der Waals surface area contributed by atoms with E-state index in [0.717, 1.165) is 3.79 Å². The van der Waals surface area contributed by atoms with E-state index < -0.39 is 0 Å². The molecular weight excluding hydrogens is 270 g/mol. The largest absolute Gasteiger partial charge is 0.196 e. The SMILES string of the molecule is CCCCC(C)(CCC)c1cc(Br)sn1. The number of hydrogen-bond acceptors (Lipinski definition) is 2. The molecule has 1 aromatic heterocycles. The smallest absolute Gasteiger partial charge is 0.0908 e. The highest BCUT2D eigenvalue weighted by molar-refractivity contribution is 9.11. The molecule has 0 aromatic carbocycles. The van der Waals surface area contributed by atoms with Crippen LogP contribution in [0.15, 0.2) is 9.85 Å². The lowest BCUT2D eigenvalue weighted by Gasteiger charge is -2.27. The number of unbranched alkanes of at least 4 members (excludes halogenated alkanes) is 1. The summed E-state index contributed by atoms with van der Waals surface area (Å²) in [5.41, 5.74) is 1.56. The van der Waals surface area contributed by atoms with Crippen LogP contribution in [0.25, 0.3) is 0 Å². The lowest BCUT2D eigenvalue weighted by Crippen LogP contribution is -2.22. The molecule has 3 heteroatoms. The van der Waals surface area contributed by atoms with E-state index in [4.69, 9.17) is 0 Å². The highest BCUT2D eigenvalue weighted by Crippen LogP contribution is 2.35. The molecule has 0 aliphatic rings. The van der Waals surface area contributed by atoms with E-state index in [-0.39, 0.29) is 5.41 Å². The van der Waals surface area contributed by atoms with Gasteiger partial charge in [0.05, 0.1) is 9.48 Å². The summed E-state index contributed by atoms with van der Waals surface area (Å²) in [6, 6.07) is 2.19. The third-order valence-corrected chi connectivity index (χ3v) is 4.23. The third-order valence-electron chi connectivity index (χ3n) is 2.98. The van der Waals surface area contributed by atoms with Crippen LogP contribution in [0.1, 0.15) is 58.6 Å². The molecular formula is C12H20BrNS. The lowest BCUT2D eigenvalue weighted by molar-refractivity contribution is 0.375. The predicted octanol–water partition coefficient (Wildman–Crippen LogP) is 5.15. The molecule has 0 saturated heterocycles. The topological polar surface area (TPSA) is 12.9 Å². The second kappa shape index (κ2) is 6.00. The van der Waals surface area contributed by atoms with Crippen molar-refractivity contribution in [2.75, 3.05) is 0 Å². The summed E-state index contributed by atoms with van der Waals surface area (Å²) in [5.74, 6) is 0. The quantitative estimate of drug-likeness (QED) is 0.705. The zero-order valence-electron chi connectivity index (χ0n) is 9.85. The molecule has 0 radical (unpaired) electrons. The van der Waals surface area contributed by atoms with Gasteiger partial charge in [-0.15, -0.1) is 0 Å². The lowest BCUT2D eigenvalue weighted by atomic mass is 9.78. The average molecular weight is 290 g/mol. The van der Waals surface area contributed by atoms with E-state index in [1.54, 1.807) is 11.5 Å². The summed E-state index contributed by atoms with van der Waals surface area (Å²) in [4.78, 5) is 0. The van der Waals surface area contributed by atoms with Crippen molar-refractivity contribution in [2.24, 2.45) is 0 Å². The molecule has 1 unspecified atom stereocenters. The van der Waals surface area contributed by atoms with Gasteiger partial charge < -0.3 is 0 Å². The number of aromatic nitrogens is 1. The van der Waals surface area contributed by atoms with Crippen LogP contribution < -0.4 is 0 Å². The van der Waals surface area contributed by atoms with Gasteiger partial charge >= 0.3 is 0 Å². The molecule has 1 atom stereocenters. The van der Waals surface area contributed by atoms with Crippen LogP contribution >= 0.6 is 27.5 Å². The van der Waals surface area contributed by atoms with Gasteiger partial charge in [-0.3, -0.25) is 0 Å². The summed E-state index contributed by atoms with van der Waals surface area (Å²) in [5, 5.41) is 0. The zero-order valence-corrected chi connectivity index (χ0v) is 12.2. The fourth-order valence-corrected chi connectivity index (χ4v) is 3.09. The molecule has 0 bridgehead atoms. The van der Waals surface area contributed by atoms with Crippen LogP contribution in [0, 0.1) is 0 Å². The standard InChI is InChI=1S/C12H20BrNS/c1-4-6-8-12(3,7-5-2)10-9-11(13)15-14-10/h9H,4-8H2,1-3H3. The fourth-order valence-electron chi connectivity index (χ4n) is 2.04. The summed E-state index contributed by atoms with van der Waals surface area (Å²) in [6.45, 7) is 6.86. The molecule has 86 valence electrons. The molecule has 1 nitrogen and oxygen atoms in total. The Kier molecular flexibility index (Phi) is 5.27. The van der Waals surface area contributed by atoms with Crippen LogP contribution in [-0.4, -0.2) is 4.37 Å². The van der Waals surface area contributed by atoms with E-state index in [9.17, 15) is 0 Å². The van der Waals surface area contributed by atoms with Crippen LogP contribution in [-0.2, 0) is 5.41 Å². The van der Waals surface area contributed by atoms with E-state index in [1.165, 1.54) is 37.8 Å². The molecule has 0 N–H and O–H groups in total. The Bertz CT molecular complexity index is 298. The third kappa shape index (κ3) is 3.56. The van der Waals surface area contributed by atoms with E-state index in [0.29, 0.717) is 0 Å². The van der Waals surface area contributed by atoms with Gasteiger partial charge in [-0.05, 0) is 46.4 Å². The maximum atomic E-state index is 4.55. The van der Waals surface area contributed by atoms with Crippen molar-refractivity contribution in [3.05, 3.63) is 15.5 Å². The van der Waals surface area contributed by atoms with Gasteiger partial charge in [0, 0.05) is 5.41 Å². The Labute approximate surface area is 106 Å². The highest BCUT2D eigenvalue weighted by atomic mass is 79.9. The molecule has 1 heterocycles. The molecule has 15 heavy (non-hydrogen) atoms. The minimum absolute atomic E-state index is 0.285. The van der Waals surface area contributed by atoms with E-state index in [1.807, 2.05) is 0 Å². The summed E-state index contributed by atoms with van der Waals surface area (Å²) < 4.78 is 5.70. The van der Waals surface area contributed by atoms with Gasteiger partial charge in [0.25, 0.3) is 0 Å². The average Bonchev–Trinajstić information content (AvgIpc) is 2.63. The molecule has 0 fully saturated rings. The van der Waals surface area contributed by atoms with Crippen LogP contribution in [0.4, 0.5) is 0 Å². The maximum Gasteiger partial charge on any atom is 0.0908 e. The van der Waals surface area contributed by atoms with Crippen molar-refractivity contribution in [2.45, 2.75) is 58.3 Å². The second-order valence-electron chi connectivity index (χ2n) is 4.43. The van der Waals surface area contributed by atoms with Crippen LogP contribution in [0.2, 0.25) is 0 Å². The summed E-state index contributed by atoms with van der Waals surface area (Å²) >= 11 is 5.06. The molecule has 0 amide bonds. The van der Waals surface area contributed by atoms with Crippen molar-refractivity contribution in [3.8, 4) is 0 Å². The molecule has 0 aliphatic heterocycles. The minimum atomic E-state index is 0.285. The maximum absolute atomic E-state index is 4.55. The number of rotatable bonds is 6. The second-order valence-corrected chi connectivity index (χ2v) is 6.61. The first-order valence-electron chi connectivity index (χ1n) is 5.75. The van der Waals surface area contributed by atoms with Crippen molar-refractivity contribution in [1.29, 1.82) is 0 Å². The van der Waals surface area contributed by atoms with Gasteiger partial charge in [0.1, 0.15) is 0 Å². The molecule has 0 aliphatic carbocycles. The molecule has 0 saturated carbocycles. The minimum Gasteiger partial charge on any atom is -0.196 e. The Hall–Kier alpha value is 0.110. The number of hydrogen-bond donors (Lipinski definition) is 0.